The summed E-state index contributed by atoms with van der Waals surface area (Å²) in [5, 5.41) is 2.10. The van der Waals surface area contributed by atoms with Gasteiger partial charge in [0.1, 0.15) is 0 Å². The van der Waals surface area contributed by atoms with Crippen LogP contribution in [-0.2, 0) is 11.3 Å². The molecule has 0 aliphatic heterocycles. The highest BCUT2D eigenvalue weighted by molar-refractivity contribution is 7.09. The number of amides is 1. The summed E-state index contributed by atoms with van der Waals surface area (Å²) in [6.45, 7) is 0.839. The average Bonchev–Trinajstić information content (AvgIpc) is 2.94. The fraction of sp³-hybridized carbons (Fsp3) is 0.688. The van der Waals surface area contributed by atoms with Gasteiger partial charge in [0.15, 0.2) is 0 Å². The van der Waals surface area contributed by atoms with E-state index in [0.717, 1.165) is 25.3 Å². The number of carbonyl (C=O) groups excluding carboxylic acids is 1. The third-order valence-corrected chi connectivity index (χ3v) is 5.32. The minimum absolute atomic E-state index is 0.391. The fourth-order valence-electron chi connectivity index (χ4n) is 3.15. The van der Waals surface area contributed by atoms with E-state index in [9.17, 15) is 4.79 Å². The number of carbonyl (C=O) groups is 1. The van der Waals surface area contributed by atoms with Crippen molar-refractivity contribution in [1.82, 2.24) is 4.90 Å². The van der Waals surface area contributed by atoms with Gasteiger partial charge < -0.3 is 4.90 Å². The van der Waals surface area contributed by atoms with Crippen LogP contribution in [0.5, 0.6) is 0 Å². The molecule has 1 aromatic rings. The Morgan fingerprint density at radius 1 is 1.26 bits per heavy atom. The minimum atomic E-state index is 0.391. The lowest BCUT2D eigenvalue weighted by Crippen LogP contribution is -2.32. The van der Waals surface area contributed by atoms with Crippen molar-refractivity contribution in [2.45, 2.75) is 64.0 Å². The molecule has 1 heterocycles. The predicted octanol–water partition coefficient (Wildman–Crippen LogP) is 4.21. The molecular weight excluding hydrogens is 254 g/mol. The molecule has 2 aliphatic rings. The highest BCUT2D eigenvalue weighted by Crippen LogP contribution is 2.32. The van der Waals surface area contributed by atoms with E-state index in [2.05, 4.69) is 22.4 Å². The van der Waals surface area contributed by atoms with E-state index < -0.39 is 0 Å². The van der Waals surface area contributed by atoms with Crippen LogP contribution in [0.25, 0.3) is 0 Å². The van der Waals surface area contributed by atoms with Gasteiger partial charge in [-0.2, -0.15) is 0 Å². The van der Waals surface area contributed by atoms with Crippen molar-refractivity contribution in [3.05, 3.63) is 22.4 Å². The fourth-order valence-corrected chi connectivity index (χ4v) is 3.85. The largest absolute Gasteiger partial charge is 0.335 e. The van der Waals surface area contributed by atoms with Crippen molar-refractivity contribution in [3.63, 3.8) is 0 Å². The summed E-state index contributed by atoms with van der Waals surface area (Å²) in [5.41, 5.74) is 0. The normalized spacial score (nSPS) is 19.8. The molecule has 3 heteroatoms. The number of hydrogen-bond acceptors (Lipinski definition) is 2. The Morgan fingerprint density at radius 3 is 2.68 bits per heavy atom. The first-order valence-corrected chi connectivity index (χ1v) is 8.53. The standard InChI is InChI=1S/C16H23NOS/c18-16(10-7-13-4-1-2-5-13)17(14-8-9-14)12-15-6-3-11-19-15/h3,6,11,13-14H,1-2,4-5,7-10,12H2. The van der Waals surface area contributed by atoms with Gasteiger partial charge in [0.2, 0.25) is 5.91 Å². The predicted molar refractivity (Wildman–Crippen MR) is 79.1 cm³/mol. The first-order chi connectivity index (χ1) is 9.33. The molecule has 0 atom stereocenters. The minimum Gasteiger partial charge on any atom is -0.335 e. The first kappa shape index (κ1) is 13.2. The van der Waals surface area contributed by atoms with E-state index >= 15 is 0 Å². The molecule has 2 saturated carbocycles. The smallest absolute Gasteiger partial charge is 0.223 e. The molecule has 0 spiro atoms. The van der Waals surface area contributed by atoms with E-state index in [1.165, 1.54) is 43.4 Å². The van der Waals surface area contributed by atoms with E-state index in [4.69, 9.17) is 0 Å². The summed E-state index contributed by atoms with van der Waals surface area (Å²) in [6.07, 6.45) is 9.75. The molecule has 2 aliphatic carbocycles. The monoisotopic (exact) mass is 277 g/mol. The third-order valence-electron chi connectivity index (χ3n) is 4.46. The quantitative estimate of drug-likeness (QED) is 0.762. The second kappa shape index (κ2) is 6.08. The van der Waals surface area contributed by atoms with Crippen molar-refractivity contribution in [1.29, 1.82) is 0 Å². The van der Waals surface area contributed by atoms with E-state index in [1.807, 2.05) is 0 Å². The van der Waals surface area contributed by atoms with Gasteiger partial charge in [0.25, 0.3) is 0 Å². The van der Waals surface area contributed by atoms with E-state index in [-0.39, 0.29) is 0 Å². The number of nitrogens with zero attached hydrogens (tertiary/aromatic N) is 1. The SMILES string of the molecule is O=C(CCC1CCCC1)N(Cc1cccs1)C1CC1. The molecular formula is C16H23NOS. The maximum atomic E-state index is 12.4. The van der Waals surface area contributed by atoms with Gasteiger partial charge in [0.05, 0.1) is 6.54 Å². The van der Waals surface area contributed by atoms with Gasteiger partial charge in [-0.15, -0.1) is 11.3 Å². The molecule has 0 unspecified atom stereocenters. The van der Waals surface area contributed by atoms with Crippen LogP contribution < -0.4 is 0 Å². The zero-order valence-electron chi connectivity index (χ0n) is 11.5. The molecule has 3 rings (SSSR count). The molecule has 19 heavy (non-hydrogen) atoms. The van der Waals surface area contributed by atoms with Gasteiger partial charge in [-0.05, 0) is 36.6 Å². The highest BCUT2D eigenvalue weighted by atomic mass is 32.1. The van der Waals surface area contributed by atoms with Gasteiger partial charge in [0, 0.05) is 17.3 Å². The highest BCUT2D eigenvalue weighted by Gasteiger charge is 2.32. The maximum absolute atomic E-state index is 12.4. The summed E-state index contributed by atoms with van der Waals surface area (Å²) in [5.74, 6) is 1.22. The Kier molecular flexibility index (Phi) is 4.21. The number of hydrogen-bond donors (Lipinski definition) is 0. The van der Waals surface area contributed by atoms with Crippen molar-refractivity contribution < 1.29 is 4.79 Å². The van der Waals surface area contributed by atoms with E-state index in [0.29, 0.717) is 11.9 Å². The third kappa shape index (κ3) is 3.59. The van der Waals surface area contributed by atoms with Crippen molar-refractivity contribution in [2.75, 3.05) is 0 Å². The van der Waals surface area contributed by atoms with Crippen LogP contribution >= 0.6 is 11.3 Å². The Morgan fingerprint density at radius 2 is 2.05 bits per heavy atom. The van der Waals surface area contributed by atoms with Crippen LogP contribution in [0, 0.1) is 5.92 Å². The summed E-state index contributed by atoms with van der Waals surface area (Å²) >= 11 is 1.76. The molecule has 2 fully saturated rings. The summed E-state index contributed by atoms with van der Waals surface area (Å²) < 4.78 is 0. The van der Waals surface area contributed by atoms with Crippen LogP contribution in [0.2, 0.25) is 0 Å². The topological polar surface area (TPSA) is 20.3 Å². The molecule has 1 amide bonds. The van der Waals surface area contributed by atoms with Crippen molar-refractivity contribution in [3.8, 4) is 0 Å². The Balaban J connectivity index is 1.52. The van der Waals surface area contributed by atoms with Crippen LogP contribution in [0.1, 0.15) is 56.2 Å². The maximum Gasteiger partial charge on any atom is 0.223 e. The average molecular weight is 277 g/mol. The zero-order valence-corrected chi connectivity index (χ0v) is 12.3. The number of rotatable bonds is 6. The second-order valence-corrected chi connectivity index (χ2v) is 7.05. The molecule has 0 aromatic carbocycles. The van der Waals surface area contributed by atoms with Crippen LogP contribution in [0.15, 0.2) is 17.5 Å². The number of thiophene rings is 1. The van der Waals surface area contributed by atoms with Crippen molar-refractivity contribution >= 4 is 17.2 Å². The van der Waals surface area contributed by atoms with Crippen LogP contribution in [-0.4, -0.2) is 16.8 Å². The van der Waals surface area contributed by atoms with Gasteiger partial charge in [-0.1, -0.05) is 31.7 Å². The summed E-state index contributed by atoms with van der Waals surface area (Å²) in [7, 11) is 0. The Hall–Kier alpha value is -0.830. The lowest BCUT2D eigenvalue weighted by atomic mass is 10.0. The van der Waals surface area contributed by atoms with Crippen LogP contribution in [0.4, 0.5) is 0 Å². The lowest BCUT2D eigenvalue weighted by Gasteiger charge is -2.22. The summed E-state index contributed by atoms with van der Waals surface area (Å²) in [4.78, 5) is 15.9. The molecule has 0 bridgehead atoms. The van der Waals surface area contributed by atoms with Crippen molar-refractivity contribution in [2.24, 2.45) is 5.92 Å². The summed E-state index contributed by atoms with van der Waals surface area (Å²) in [6, 6.07) is 4.76. The lowest BCUT2D eigenvalue weighted by molar-refractivity contribution is -0.132. The molecule has 0 saturated heterocycles. The Bertz CT molecular complexity index is 404. The molecule has 0 radical (unpaired) electrons. The second-order valence-electron chi connectivity index (χ2n) is 6.02. The molecule has 2 nitrogen and oxygen atoms in total. The van der Waals surface area contributed by atoms with Gasteiger partial charge >= 0.3 is 0 Å². The van der Waals surface area contributed by atoms with Gasteiger partial charge in [-0.25, -0.2) is 0 Å². The zero-order chi connectivity index (χ0) is 13.1. The molecule has 1 aromatic heterocycles. The van der Waals surface area contributed by atoms with E-state index in [1.54, 1.807) is 11.3 Å². The van der Waals surface area contributed by atoms with Gasteiger partial charge in [-0.3, -0.25) is 4.79 Å². The molecule has 0 N–H and O–H groups in total. The molecule has 104 valence electrons. The first-order valence-electron chi connectivity index (χ1n) is 7.65. The Labute approximate surface area is 119 Å². The van der Waals surface area contributed by atoms with Crippen LogP contribution in [0.3, 0.4) is 0 Å².